The molecule has 0 N–H and O–H groups in total. The standard InChI is InChI=1S/C10H14ClN3O4S/c1-13(2)10(15)14-4-3-9-7(5-14)8(12-18-9)6-19(11,16)17/h3-6H2,1-2H3. The molecular formula is C10H14ClN3O4S. The highest BCUT2D eigenvalue weighted by molar-refractivity contribution is 8.13. The van der Waals surface area contributed by atoms with Gasteiger partial charge in [0.2, 0.25) is 9.05 Å². The monoisotopic (exact) mass is 307 g/mol. The number of carbonyl (C=O) groups is 1. The number of halogens is 1. The van der Waals surface area contributed by atoms with E-state index in [2.05, 4.69) is 5.16 Å². The average molecular weight is 308 g/mol. The largest absolute Gasteiger partial charge is 0.361 e. The molecule has 0 fully saturated rings. The molecule has 0 saturated heterocycles. The molecule has 0 aromatic carbocycles. The number of nitrogens with zero attached hydrogens (tertiary/aromatic N) is 3. The molecule has 0 saturated carbocycles. The molecular weight excluding hydrogens is 294 g/mol. The molecule has 1 aliphatic rings. The molecule has 0 spiro atoms. The highest BCUT2D eigenvalue weighted by Crippen LogP contribution is 2.25. The number of fused-ring (bicyclic) bond motifs is 1. The maximum Gasteiger partial charge on any atom is 0.319 e. The Morgan fingerprint density at radius 3 is 2.79 bits per heavy atom. The second-order valence-corrected chi connectivity index (χ2v) is 7.34. The summed E-state index contributed by atoms with van der Waals surface area (Å²) < 4.78 is 27.3. The summed E-state index contributed by atoms with van der Waals surface area (Å²) in [6, 6.07) is -0.133. The van der Waals surface area contributed by atoms with Crippen LogP contribution in [0.25, 0.3) is 0 Å². The molecule has 0 aliphatic carbocycles. The van der Waals surface area contributed by atoms with Crippen molar-refractivity contribution < 1.29 is 17.7 Å². The van der Waals surface area contributed by atoms with Crippen LogP contribution in [0.5, 0.6) is 0 Å². The molecule has 0 unspecified atom stereocenters. The van der Waals surface area contributed by atoms with Crippen LogP contribution in [0.2, 0.25) is 0 Å². The van der Waals surface area contributed by atoms with Crippen LogP contribution in [0.4, 0.5) is 4.79 Å². The van der Waals surface area contributed by atoms with Crippen molar-refractivity contribution >= 4 is 25.8 Å². The Morgan fingerprint density at radius 2 is 2.21 bits per heavy atom. The third-order valence-electron chi connectivity index (χ3n) is 2.87. The number of hydrogen-bond acceptors (Lipinski definition) is 5. The van der Waals surface area contributed by atoms with Crippen molar-refractivity contribution in [2.45, 2.75) is 18.7 Å². The number of hydrogen-bond donors (Lipinski definition) is 0. The predicted molar refractivity (Wildman–Crippen MR) is 68.2 cm³/mol. The summed E-state index contributed by atoms with van der Waals surface area (Å²) >= 11 is 0. The van der Waals surface area contributed by atoms with Gasteiger partial charge in [-0.2, -0.15) is 0 Å². The predicted octanol–water partition coefficient (Wildman–Crippen LogP) is 0.783. The van der Waals surface area contributed by atoms with Crippen LogP contribution in [-0.2, 0) is 27.8 Å². The fraction of sp³-hybridized carbons (Fsp3) is 0.600. The van der Waals surface area contributed by atoms with E-state index < -0.39 is 14.8 Å². The van der Waals surface area contributed by atoms with E-state index in [-0.39, 0.29) is 18.3 Å². The maximum atomic E-state index is 11.9. The van der Waals surface area contributed by atoms with E-state index in [0.29, 0.717) is 24.3 Å². The van der Waals surface area contributed by atoms with E-state index in [0.717, 1.165) is 0 Å². The van der Waals surface area contributed by atoms with Gasteiger partial charge in [-0.1, -0.05) is 5.16 Å². The topological polar surface area (TPSA) is 83.7 Å². The maximum absolute atomic E-state index is 11.9. The van der Waals surface area contributed by atoms with Crippen molar-refractivity contribution in [3.63, 3.8) is 0 Å². The highest BCUT2D eigenvalue weighted by Gasteiger charge is 2.29. The van der Waals surface area contributed by atoms with Crippen molar-refractivity contribution in [1.82, 2.24) is 15.0 Å². The highest BCUT2D eigenvalue weighted by atomic mass is 35.7. The van der Waals surface area contributed by atoms with Crippen molar-refractivity contribution in [2.24, 2.45) is 0 Å². The lowest BCUT2D eigenvalue weighted by Crippen LogP contribution is -2.42. The molecule has 1 aliphatic heterocycles. The fourth-order valence-corrected chi connectivity index (χ4v) is 2.85. The lowest BCUT2D eigenvalue weighted by atomic mass is 10.1. The van der Waals surface area contributed by atoms with E-state index in [1.165, 1.54) is 4.90 Å². The molecule has 0 bridgehead atoms. The molecule has 9 heteroatoms. The number of carbonyl (C=O) groups excluding carboxylic acids is 1. The van der Waals surface area contributed by atoms with Crippen LogP contribution in [0, 0.1) is 0 Å². The molecule has 7 nitrogen and oxygen atoms in total. The lowest BCUT2D eigenvalue weighted by molar-refractivity contribution is 0.163. The van der Waals surface area contributed by atoms with Gasteiger partial charge in [0, 0.05) is 43.3 Å². The second-order valence-electron chi connectivity index (χ2n) is 4.56. The quantitative estimate of drug-likeness (QED) is 0.754. The molecule has 0 atom stereocenters. The normalized spacial score (nSPS) is 15.2. The molecule has 2 heterocycles. The van der Waals surface area contributed by atoms with Crippen molar-refractivity contribution in [3.05, 3.63) is 17.0 Å². The van der Waals surface area contributed by atoms with Crippen LogP contribution < -0.4 is 0 Å². The summed E-state index contributed by atoms with van der Waals surface area (Å²) in [5.41, 5.74) is 0.923. The smallest absolute Gasteiger partial charge is 0.319 e. The number of aromatic nitrogens is 1. The van der Waals surface area contributed by atoms with Crippen LogP contribution in [-0.4, -0.2) is 50.0 Å². The van der Waals surface area contributed by atoms with E-state index in [4.69, 9.17) is 15.2 Å². The van der Waals surface area contributed by atoms with Gasteiger partial charge in [0.1, 0.15) is 17.2 Å². The molecule has 106 valence electrons. The first kappa shape index (κ1) is 14.1. The Bertz CT molecular complexity index is 596. The first-order chi connectivity index (χ1) is 8.78. The Kier molecular flexibility index (Phi) is 3.73. The number of rotatable bonds is 2. The zero-order valence-corrected chi connectivity index (χ0v) is 12.2. The number of urea groups is 1. The van der Waals surface area contributed by atoms with Gasteiger partial charge < -0.3 is 14.3 Å². The molecule has 1 aromatic rings. The number of amides is 2. The van der Waals surface area contributed by atoms with Crippen LogP contribution in [0.1, 0.15) is 17.0 Å². The van der Waals surface area contributed by atoms with E-state index in [1.54, 1.807) is 19.0 Å². The average Bonchev–Trinajstić information content (AvgIpc) is 2.68. The molecule has 2 rings (SSSR count). The first-order valence-corrected chi connectivity index (χ1v) is 8.10. The van der Waals surface area contributed by atoms with Crippen LogP contribution in [0.15, 0.2) is 4.52 Å². The lowest BCUT2D eigenvalue weighted by Gasteiger charge is -2.28. The van der Waals surface area contributed by atoms with Gasteiger partial charge in [0.05, 0.1) is 6.54 Å². The van der Waals surface area contributed by atoms with Crippen LogP contribution in [0.3, 0.4) is 0 Å². The minimum atomic E-state index is -3.70. The molecule has 2 amide bonds. The SMILES string of the molecule is CN(C)C(=O)N1CCc2onc(CS(=O)(=O)Cl)c2C1. The van der Waals surface area contributed by atoms with Crippen molar-refractivity contribution in [3.8, 4) is 0 Å². The van der Waals surface area contributed by atoms with Gasteiger partial charge in [-0.25, -0.2) is 13.2 Å². The van der Waals surface area contributed by atoms with E-state index >= 15 is 0 Å². The van der Waals surface area contributed by atoms with Crippen molar-refractivity contribution in [1.29, 1.82) is 0 Å². The van der Waals surface area contributed by atoms with E-state index in [9.17, 15) is 13.2 Å². The minimum Gasteiger partial charge on any atom is -0.361 e. The Morgan fingerprint density at radius 1 is 1.53 bits per heavy atom. The third kappa shape index (κ3) is 3.19. The summed E-state index contributed by atoms with van der Waals surface area (Å²) in [4.78, 5) is 15.0. The fourth-order valence-electron chi connectivity index (χ4n) is 1.99. The molecule has 1 aromatic heterocycles. The third-order valence-corrected chi connectivity index (χ3v) is 3.82. The molecule has 0 radical (unpaired) electrons. The molecule has 19 heavy (non-hydrogen) atoms. The van der Waals surface area contributed by atoms with Gasteiger partial charge in [0.25, 0.3) is 0 Å². The Balaban J connectivity index is 2.23. The zero-order valence-electron chi connectivity index (χ0n) is 10.6. The van der Waals surface area contributed by atoms with Crippen LogP contribution >= 0.6 is 10.7 Å². The summed E-state index contributed by atoms with van der Waals surface area (Å²) in [6.45, 7) is 0.809. The second kappa shape index (κ2) is 5.01. The Hall–Kier alpha value is -1.28. The van der Waals surface area contributed by atoms with Gasteiger partial charge in [-0.05, 0) is 0 Å². The summed E-state index contributed by atoms with van der Waals surface area (Å²) in [7, 11) is 4.84. The summed E-state index contributed by atoms with van der Waals surface area (Å²) in [6.07, 6.45) is 0.518. The van der Waals surface area contributed by atoms with Gasteiger partial charge in [-0.15, -0.1) is 0 Å². The first-order valence-electron chi connectivity index (χ1n) is 5.63. The Labute approximate surface area is 115 Å². The zero-order chi connectivity index (χ0) is 14.2. The summed E-state index contributed by atoms with van der Waals surface area (Å²) in [5, 5.41) is 3.73. The van der Waals surface area contributed by atoms with Gasteiger partial charge >= 0.3 is 6.03 Å². The van der Waals surface area contributed by atoms with Crippen molar-refractivity contribution in [2.75, 3.05) is 20.6 Å². The van der Waals surface area contributed by atoms with E-state index in [1.807, 2.05) is 0 Å². The summed E-state index contributed by atoms with van der Waals surface area (Å²) in [5.74, 6) is 0.232. The minimum absolute atomic E-state index is 0.133. The van der Waals surface area contributed by atoms with Gasteiger partial charge in [-0.3, -0.25) is 0 Å². The van der Waals surface area contributed by atoms with Gasteiger partial charge in [0.15, 0.2) is 0 Å².